The normalized spacial score (nSPS) is 26.2. The lowest BCUT2D eigenvalue weighted by Crippen LogP contribution is -2.51. The number of hydrogen-bond acceptors (Lipinski definition) is 3. The summed E-state index contributed by atoms with van der Waals surface area (Å²) in [6.07, 6.45) is 3.56. The second-order valence-electron chi connectivity index (χ2n) is 5.38. The molecule has 0 spiro atoms. The monoisotopic (exact) mass is 241 g/mol. The standard InChI is InChI=1S/C13H27N3O/c1-4-11-5-6-16(12(7-11)8-14)9-13(17)15-10(2)3/h10-12H,4-9,14H2,1-3H3,(H,15,17). The van der Waals surface area contributed by atoms with Crippen LogP contribution in [0, 0.1) is 5.92 Å². The van der Waals surface area contributed by atoms with Crippen LogP contribution in [-0.4, -0.2) is 42.5 Å². The van der Waals surface area contributed by atoms with Crippen LogP contribution >= 0.6 is 0 Å². The van der Waals surface area contributed by atoms with E-state index in [1.807, 2.05) is 13.8 Å². The third-order valence-electron chi connectivity index (χ3n) is 3.59. The summed E-state index contributed by atoms with van der Waals surface area (Å²) in [5.74, 6) is 0.904. The van der Waals surface area contributed by atoms with Gasteiger partial charge in [0.05, 0.1) is 6.54 Å². The van der Waals surface area contributed by atoms with Gasteiger partial charge in [-0.3, -0.25) is 9.69 Å². The molecular formula is C13H27N3O. The minimum Gasteiger partial charge on any atom is -0.353 e. The Hall–Kier alpha value is -0.610. The lowest BCUT2D eigenvalue weighted by molar-refractivity contribution is -0.123. The smallest absolute Gasteiger partial charge is 0.234 e. The van der Waals surface area contributed by atoms with Crippen molar-refractivity contribution in [1.82, 2.24) is 10.2 Å². The SMILES string of the molecule is CCC1CCN(CC(=O)NC(C)C)C(CN)C1. The molecule has 3 N–H and O–H groups in total. The predicted molar refractivity (Wildman–Crippen MR) is 70.7 cm³/mol. The summed E-state index contributed by atoms with van der Waals surface area (Å²) in [6, 6.07) is 0.596. The fourth-order valence-corrected chi connectivity index (χ4v) is 2.56. The molecule has 0 aliphatic carbocycles. The topological polar surface area (TPSA) is 58.4 Å². The minimum atomic E-state index is 0.119. The molecule has 1 fully saturated rings. The molecule has 100 valence electrons. The molecule has 0 aromatic heterocycles. The van der Waals surface area contributed by atoms with Crippen LogP contribution in [0.4, 0.5) is 0 Å². The Morgan fingerprint density at radius 2 is 2.24 bits per heavy atom. The van der Waals surface area contributed by atoms with Crippen molar-refractivity contribution >= 4 is 5.91 Å². The predicted octanol–water partition coefficient (Wildman–Crippen LogP) is 0.960. The summed E-state index contributed by atoms with van der Waals surface area (Å²) < 4.78 is 0. The van der Waals surface area contributed by atoms with Crippen molar-refractivity contribution in [2.45, 2.75) is 52.1 Å². The van der Waals surface area contributed by atoms with Gasteiger partial charge in [0.1, 0.15) is 0 Å². The van der Waals surface area contributed by atoms with Crippen LogP contribution < -0.4 is 11.1 Å². The molecule has 2 unspecified atom stereocenters. The van der Waals surface area contributed by atoms with Gasteiger partial charge in [-0.15, -0.1) is 0 Å². The van der Waals surface area contributed by atoms with Crippen LogP contribution in [-0.2, 0) is 4.79 Å². The first-order valence-electron chi connectivity index (χ1n) is 6.80. The number of carbonyl (C=O) groups excluding carboxylic acids is 1. The molecule has 0 aromatic carbocycles. The van der Waals surface area contributed by atoms with E-state index in [2.05, 4.69) is 17.1 Å². The van der Waals surface area contributed by atoms with Gasteiger partial charge in [-0.25, -0.2) is 0 Å². The zero-order valence-corrected chi connectivity index (χ0v) is 11.4. The molecule has 1 saturated heterocycles. The highest BCUT2D eigenvalue weighted by atomic mass is 16.2. The van der Waals surface area contributed by atoms with Gasteiger partial charge >= 0.3 is 0 Å². The number of piperidine rings is 1. The molecule has 1 rings (SSSR count). The van der Waals surface area contributed by atoms with Gasteiger partial charge < -0.3 is 11.1 Å². The number of hydrogen-bond donors (Lipinski definition) is 2. The maximum atomic E-state index is 11.7. The Morgan fingerprint density at radius 3 is 2.76 bits per heavy atom. The molecule has 1 amide bonds. The van der Waals surface area contributed by atoms with E-state index in [1.54, 1.807) is 0 Å². The van der Waals surface area contributed by atoms with Gasteiger partial charge in [-0.1, -0.05) is 13.3 Å². The van der Waals surface area contributed by atoms with Crippen molar-refractivity contribution < 1.29 is 4.79 Å². The van der Waals surface area contributed by atoms with E-state index in [0.29, 0.717) is 19.1 Å². The fourth-order valence-electron chi connectivity index (χ4n) is 2.56. The summed E-state index contributed by atoms with van der Waals surface area (Å²) in [6.45, 7) is 8.37. The van der Waals surface area contributed by atoms with E-state index < -0.39 is 0 Å². The van der Waals surface area contributed by atoms with Crippen molar-refractivity contribution in [2.24, 2.45) is 11.7 Å². The van der Waals surface area contributed by atoms with Crippen molar-refractivity contribution in [3.8, 4) is 0 Å². The van der Waals surface area contributed by atoms with Crippen LogP contribution in [0.2, 0.25) is 0 Å². The van der Waals surface area contributed by atoms with Gasteiger partial charge in [0, 0.05) is 18.6 Å². The quantitative estimate of drug-likeness (QED) is 0.754. The summed E-state index contributed by atoms with van der Waals surface area (Å²) in [5.41, 5.74) is 5.81. The van der Waals surface area contributed by atoms with E-state index in [1.165, 1.54) is 12.8 Å². The van der Waals surface area contributed by atoms with Gasteiger partial charge in [0.25, 0.3) is 0 Å². The molecule has 0 bridgehead atoms. The van der Waals surface area contributed by atoms with E-state index in [9.17, 15) is 4.79 Å². The number of nitrogens with two attached hydrogens (primary N) is 1. The van der Waals surface area contributed by atoms with E-state index in [4.69, 9.17) is 5.73 Å². The molecular weight excluding hydrogens is 214 g/mol. The highest BCUT2D eigenvalue weighted by Gasteiger charge is 2.27. The number of likely N-dealkylation sites (tertiary alicyclic amines) is 1. The second kappa shape index (κ2) is 6.97. The zero-order chi connectivity index (χ0) is 12.8. The summed E-state index contributed by atoms with van der Waals surface area (Å²) in [7, 11) is 0. The molecule has 0 radical (unpaired) electrons. The maximum absolute atomic E-state index is 11.7. The van der Waals surface area contributed by atoms with E-state index in [0.717, 1.165) is 18.9 Å². The molecule has 4 heteroatoms. The molecule has 2 atom stereocenters. The van der Waals surface area contributed by atoms with Gasteiger partial charge in [0.2, 0.25) is 5.91 Å². The van der Waals surface area contributed by atoms with Crippen LogP contribution in [0.15, 0.2) is 0 Å². The van der Waals surface area contributed by atoms with Crippen LogP contribution in [0.3, 0.4) is 0 Å². The Bertz CT molecular complexity index is 243. The molecule has 0 aromatic rings. The number of rotatable bonds is 5. The Kier molecular flexibility index (Phi) is 5.92. The summed E-state index contributed by atoms with van der Waals surface area (Å²) in [5, 5.41) is 2.94. The zero-order valence-electron chi connectivity index (χ0n) is 11.4. The molecule has 1 aliphatic heterocycles. The lowest BCUT2D eigenvalue weighted by atomic mass is 9.89. The Morgan fingerprint density at radius 1 is 1.53 bits per heavy atom. The van der Waals surface area contributed by atoms with Crippen molar-refractivity contribution in [3.63, 3.8) is 0 Å². The summed E-state index contributed by atoms with van der Waals surface area (Å²) >= 11 is 0. The molecule has 17 heavy (non-hydrogen) atoms. The largest absolute Gasteiger partial charge is 0.353 e. The highest BCUT2D eigenvalue weighted by Crippen LogP contribution is 2.24. The van der Waals surface area contributed by atoms with Gasteiger partial charge in [-0.05, 0) is 39.2 Å². The number of nitrogens with one attached hydrogen (secondary N) is 1. The second-order valence-corrected chi connectivity index (χ2v) is 5.38. The van der Waals surface area contributed by atoms with Crippen LogP contribution in [0.1, 0.15) is 40.0 Å². The minimum absolute atomic E-state index is 0.119. The average Bonchev–Trinajstić information content (AvgIpc) is 2.28. The fraction of sp³-hybridized carbons (Fsp3) is 0.923. The lowest BCUT2D eigenvalue weighted by Gasteiger charge is -2.38. The van der Waals surface area contributed by atoms with Crippen molar-refractivity contribution in [1.29, 1.82) is 0 Å². The first kappa shape index (κ1) is 14.5. The van der Waals surface area contributed by atoms with Crippen LogP contribution in [0.5, 0.6) is 0 Å². The van der Waals surface area contributed by atoms with Crippen molar-refractivity contribution in [3.05, 3.63) is 0 Å². The molecule has 0 saturated carbocycles. The third kappa shape index (κ3) is 4.64. The van der Waals surface area contributed by atoms with Crippen LogP contribution in [0.25, 0.3) is 0 Å². The first-order valence-corrected chi connectivity index (χ1v) is 6.80. The number of nitrogens with zero attached hydrogens (tertiary/aromatic N) is 1. The maximum Gasteiger partial charge on any atom is 0.234 e. The molecule has 4 nitrogen and oxygen atoms in total. The van der Waals surface area contributed by atoms with Gasteiger partial charge in [0.15, 0.2) is 0 Å². The number of amides is 1. The molecule has 1 aliphatic rings. The Balaban J connectivity index is 2.44. The molecule has 1 heterocycles. The van der Waals surface area contributed by atoms with E-state index >= 15 is 0 Å². The third-order valence-corrected chi connectivity index (χ3v) is 3.59. The average molecular weight is 241 g/mol. The van der Waals surface area contributed by atoms with Crippen molar-refractivity contribution in [2.75, 3.05) is 19.6 Å². The first-order chi connectivity index (χ1) is 8.06. The van der Waals surface area contributed by atoms with E-state index in [-0.39, 0.29) is 11.9 Å². The van der Waals surface area contributed by atoms with Gasteiger partial charge in [-0.2, -0.15) is 0 Å². The highest BCUT2D eigenvalue weighted by molar-refractivity contribution is 5.78. The number of carbonyl (C=O) groups is 1. The summed E-state index contributed by atoms with van der Waals surface area (Å²) in [4.78, 5) is 14.0. The Labute approximate surface area is 105 Å².